The van der Waals surface area contributed by atoms with E-state index in [1.807, 2.05) is 0 Å². The number of amides is 2. The van der Waals surface area contributed by atoms with Gasteiger partial charge in [-0.25, -0.2) is 18.4 Å². The predicted octanol–water partition coefficient (Wildman–Crippen LogP) is 1.09. The molecule has 11 heteroatoms. The van der Waals surface area contributed by atoms with Gasteiger partial charge in [-0.1, -0.05) is 0 Å². The van der Waals surface area contributed by atoms with E-state index in [1.54, 1.807) is 35.2 Å². The van der Waals surface area contributed by atoms with Gasteiger partial charge in [-0.3, -0.25) is 9.59 Å². The van der Waals surface area contributed by atoms with Crippen molar-refractivity contribution in [1.82, 2.24) is 14.9 Å². The molecule has 3 heterocycles. The number of hydrogen-bond donors (Lipinski definition) is 1. The zero-order valence-corrected chi connectivity index (χ0v) is 19.3. The smallest absolute Gasteiger partial charge is 0.243 e. The Labute approximate surface area is 192 Å². The van der Waals surface area contributed by atoms with Crippen LogP contribution in [-0.4, -0.2) is 80.7 Å². The molecule has 0 bridgehead atoms. The standard InChI is InChI=1S/C22H27N5O5S/c1-33(30,31)15-18-13-19(26-9-11-32-12-10-26)25-22(24-18)16-4-6-17(7-5-16)23-20(28)14-27-8-2-3-21(27)29/h4-7,13H,2-3,8-12,14-15H2,1H3,(H,23,28). The molecule has 33 heavy (non-hydrogen) atoms. The molecule has 1 N–H and O–H groups in total. The van der Waals surface area contributed by atoms with Crippen molar-refractivity contribution >= 4 is 33.2 Å². The van der Waals surface area contributed by atoms with E-state index in [0.717, 1.165) is 6.42 Å². The minimum absolute atomic E-state index is 0.00249. The van der Waals surface area contributed by atoms with Crippen LogP contribution in [0, 0.1) is 0 Å². The number of benzene rings is 1. The molecule has 0 aliphatic carbocycles. The van der Waals surface area contributed by atoms with Gasteiger partial charge in [0.2, 0.25) is 11.8 Å². The van der Waals surface area contributed by atoms with E-state index in [1.165, 1.54) is 6.26 Å². The molecule has 0 radical (unpaired) electrons. The van der Waals surface area contributed by atoms with Gasteiger partial charge in [0, 0.05) is 49.6 Å². The highest BCUT2D eigenvalue weighted by Gasteiger charge is 2.22. The van der Waals surface area contributed by atoms with E-state index in [0.29, 0.717) is 67.9 Å². The van der Waals surface area contributed by atoms with Crippen LogP contribution in [0.25, 0.3) is 11.4 Å². The first kappa shape index (κ1) is 23.1. The lowest BCUT2D eigenvalue weighted by atomic mass is 10.2. The van der Waals surface area contributed by atoms with Crippen LogP contribution in [0.5, 0.6) is 0 Å². The van der Waals surface area contributed by atoms with E-state index in [4.69, 9.17) is 4.74 Å². The molecule has 4 rings (SSSR count). The van der Waals surface area contributed by atoms with Crippen LogP contribution in [0.15, 0.2) is 30.3 Å². The van der Waals surface area contributed by atoms with Crippen molar-refractivity contribution in [2.45, 2.75) is 18.6 Å². The van der Waals surface area contributed by atoms with E-state index >= 15 is 0 Å². The van der Waals surface area contributed by atoms with Crippen LogP contribution in [0.2, 0.25) is 0 Å². The molecular weight excluding hydrogens is 446 g/mol. The van der Waals surface area contributed by atoms with Crippen LogP contribution in [0.4, 0.5) is 11.5 Å². The van der Waals surface area contributed by atoms with Crippen molar-refractivity contribution in [2.24, 2.45) is 0 Å². The maximum Gasteiger partial charge on any atom is 0.243 e. The van der Waals surface area contributed by atoms with Gasteiger partial charge in [0.05, 0.1) is 31.2 Å². The minimum atomic E-state index is -3.27. The Morgan fingerprint density at radius 2 is 1.85 bits per heavy atom. The van der Waals surface area contributed by atoms with Crippen LogP contribution in [-0.2, 0) is 29.9 Å². The fourth-order valence-corrected chi connectivity index (χ4v) is 4.54. The van der Waals surface area contributed by atoms with Crippen molar-refractivity contribution in [1.29, 1.82) is 0 Å². The summed E-state index contributed by atoms with van der Waals surface area (Å²) in [5.74, 6) is 0.651. The highest BCUT2D eigenvalue weighted by Crippen LogP contribution is 2.23. The lowest BCUT2D eigenvalue weighted by Gasteiger charge is -2.28. The van der Waals surface area contributed by atoms with Gasteiger partial charge in [0.1, 0.15) is 5.82 Å². The molecule has 1 aromatic heterocycles. The second-order valence-corrected chi connectivity index (χ2v) is 10.4. The van der Waals surface area contributed by atoms with E-state index in [9.17, 15) is 18.0 Å². The Bertz CT molecular complexity index is 1130. The zero-order valence-electron chi connectivity index (χ0n) is 18.5. The summed E-state index contributed by atoms with van der Waals surface area (Å²) >= 11 is 0. The topological polar surface area (TPSA) is 122 Å². The van der Waals surface area contributed by atoms with Crippen LogP contribution in [0.1, 0.15) is 18.5 Å². The number of nitrogens with one attached hydrogen (secondary N) is 1. The van der Waals surface area contributed by atoms with Gasteiger partial charge in [0.25, 0.3) is 0 Å². The maximum absolute atomic E-state index is 12.3. The molecule has 2 amide bonds. The Kier molecular flexibility index (Phi) is 6.89. The number of hydrogen-bond acceptors (Lipinski definition) is 8. The van der Waals surface area contributed by atoms with Crippen molar-refractivity contribution < 1.29 is 22.7 Å². The third-order valence-corrected chi connectivity index (χ3v) is 6.26. The lowest BCUT2D eigenvalue weighted by Crippen LogP contribution is -2.37. The third-order valence-electron chi connectivity index (χ3n) is 5.44. The number of carbonyl (C=O) groups is 2. The lowest BCUT2D eigenvalue weighted by molar-refractivity contribution is -0.131. The average Bonchev–Trinajstić information content (AvgIpc) is 3.17. The Morgan fingerprint density at radius 1 is 1.12 bits per heavy atom. The van der Waals surface area contributed by atoms with E-state index < -0.39 is 9.84 Å². The molecule has 2 aliphatic rings. The molecule has 2 aromatic rings. The van der Waals surface area contributed by atoms with Crippen LogP contribution < -0.4 is 10.2 Å². The van der Waals surface area contributed by atoms with Gasteiger partial charge in [-0.15, -0.1) is 0 Å². The van der Waals surface area contributed by atoms with Crippen molar-refractivity contribution in [2.75, 3.05) is 55.9 Å². The van der Waals surface area contributed by atoms with Crippen LogP contribution in [0.3, 0.4) is 0 Å². The maximum atomic E-state index is 12.3. The van der Waals surface area contributed by atoms with Gasteiger partial charge < -0.3 is 19.9 Å². The number of anilines is 2. The summed E-state index contributed by atoms with van der Waals surface area (Å²) < 4.78 is 29.1. The molecule has 1 aromatic carbocycles. The Balaban J connectivity index is 1.52. The number of aromatic nitrogens is 2. The average molecular weight is 474 g/mol. The van der Waals surface area contributed by atoms with Crippen LogP contribution >= 0.6 is 0 Å². The number of likely N-dealkylation sites (tertiary alicyclic amines) is 1. The van der Waals surface area contributed by atoms with Crippen molar-refractivity contribution in [3.8, 4) is 11.4 Å². The number of morpholine rings is 1. The predicted molar refractivity (Wildman–Crippen MR) is 123 cm³/mol. The number of ether oxygens (including phenoxy) is 1. The monoisotopic (exact) mass is 473 g/mol. The van der Waals surface area contributed by atoms with Gasteiger partial charge >= 0.3 is 0 Å². The zero-order chi connectivity index (χ0) is 23.4. The molecule has 10 nitrogen and oxygen atoms in total. The summed E-state index contributed by atoms with van der Waals surface area (Å²) in [6, 6.07) is 8.74. The second-order valence-electron chi connectivity index (χ2n) is 8.25. The van der Waals surface area contributed by atoms with Gasteiger partial charge in [-0.2, -0.15) is 0 Å². The fourth-order valence-electron chi connectivity index (χ4n) is 3.86. The first-order chi connectivity index (χ1) is 15.8. The van der Waals surface area contributed by atoms with Crippen molar-refractivity contribution in [3.63, 3.8) is 0 Å². The van der Waals surface area contributed by atoms with Gasteiger partial charge in [-0.05, 0) is 30.7 Å². The molecule has 0 spiro atoms. The third kappa shape index (κ3) is 6.26. The second kappa shape index (κ2) is 9.84. The molecule has 0 atom stereocenters. The molecular formula is C22H27N5O5S. The number of sulfone groups is 1. The SMILES string of the molecule is CS(=O)(=O)Cc1cc(N2CCOCC2)nc(-c2ccc(NC(=O)CN3CCCC3=O)cc2)n1. The quantitative estimate of drug-likeness (QED) is 0.634. The van der Waals surface area contributed by atoms with Crippen molar-refractivity contribution in [3.05, 3.63) is 36.0 Å². The Morgan fingerprint density at radius 3 is 2.48 bits per heavy atom. The molecule has 2 aliphatic heterocycles. The highest BCUT2D eigenvalue weighted by molar-refractivity contribution is 7.89. The molecule has 0 unspecified atom stereocenters. The van der Waals surface area contributed by atoms with E-state index in [2.05, 4.69) is 20.2 Å². The molecule has 2 saturated heterocycles. The fraction of sp³-hybridized carbons (Fsp3) is 0.455. The van der Waals surface area contributed by atoms with Gasteiger partial charge in [0.15, 0.2) is 15.7 Å². The minimum Gasteiger partial charge on any atom is -0.378 e. The first-order valence-corrected chi connectivity index (χ1v) is 12.9. The number of rotatable bonds is 7. The summed E-state index contributed by atoms with van der Waals surface area (Å²) in [6.07, 6.45) is 2.45. The summed E-state index contributed by atoms with van der Waals surface area (Å²) in [5.41, 5.74) is 1.72. The first-order valence-electron chi connectivity index (χ1n) is 10.8. The molecule has 0 saturated carbocycles. The number of carbonyl (C=O) groups excluding carboxylic acids is 2. The Hall–Kier alpha value is -3.05. The number of nitrogens with zero attached hydrogens (tertiary/aromatic N) is 4. The summed E-state index contributed by atoms with van der Waals surface area (Å²) in [7, 11) is -3.27. The largest absolute Gasteiger partial charge is 0.378 e. The summed E-state index contributed by atoms with van der Waals surface area (Å²) in [6.45, 7) is 3.15. The highest BCUT2D eigenvalue weighted by atomic mass is 32.2. The summed E-state index contributed by atoms with van der Waals surface area (Å²) in [5, 5.41) is 2.80. The van der Waals surface area contributed by atoms with E-state index in [-0.39, 0.29) is 24.1 Å². The normalized spacial score (nSPS) is 16.8. The molecule has 176 valence electrons. The molecule has 2 fully saturated rings. The summed E-state index contributed by atoms with van der Waals surface area (Å²) in [4.78, 5) is 36.7.